The van der Waals surface area contributed by atoms with E-state index in [1.807, 2.05) is 19.1 Å². The van der Waals surface area contributed by atoms with E-state index in [1.54, 1.807) is 6.07 Å². The number of aliphatic hydroxyl groups excluding tert-OH is 1. The Balaban J connectivity index is 2.87. The predicted octanol–water partition coefficient (Wildman–Crippen LogP) is 2.03. The normalized spacial score (nSPS) is 12.9. The fourth-order valence-electron chi connectivity index (χ4n) is 1.28. The van der Waals surface area contributed by atoms with Crippen LogP contribution in [0.5, 0.6) is 0 Å². The second-order valence-corrected chi connectivity index (χ2v) is 3.59. The standard InChI is InChI=1S/C10H14ClNO/c1-7-4-8(6-9(11)5-7)10(13)2-3-12/h4-6,10,13H,2-3,12H2,1H3. The van der Waals surface area contributed by atoms with Crippen LogP contribution in [0.4, 0.5) is 0 Å². The Morgan fingerprint density at radius 3 is 2.69 bits per heavy atom. The molecule has 1 unspecified atom stereocenters. The van der Waals surface area contributed by atoms with Gasteiger partial charge in [0.15, 0.2) is 0 Å². The molecule has 3 heteroatoms. The van der Waals surface area contributed by atoms with Gasteiger partial charge in [0.25, 0.3) is 0 Å². The molecular formula is C10H14ClNO. The molecule has 1 aromatic rings. The Labute approximate surface area is 83.3 Å². The number of halogens is 1. The highest BCUT2D eigenvalue weighted by Gasteiger charge is 2.07. The van der Waals surface area contributed by atoms with Gasteiger partial charge in [-0.25, -0.2) is 0 Å². The zero-order chi connectivity index (χ0) is 9.84. The number of rotatable bonds is 3. The first-order valence-corrected chi connectivity index (χ1v) is 4.66. The maximum absolute atomic E-state index is 9.63. The van der Waals surface area contributed by atoms with E-state index in [9.17, 15) is 5.11 Å². The van der Waals surface area contributed by atoms with E-state index in [2.05, 4.69) is 0 Å². The highest BCUT2D eigenvalue weighted by molar-refractivity contribution is 6.30. The minimum Gasteiger partial charge on any atom is -0.388 e. The zero-order valence-electron chi connectivity index (χ0n) is 7.63. The van der Waals surface area contributed by atoms with E-state index in [0.717, 1.165) is 11.1 Å². The van der Waals surface area contributed by atoms with Gasteiger partial charge in [-0.1, -0.05) is 17.7 Å². The van der Waals surface area contributed by atoms with Crippen LogP contribution in [0, 0.1) is 6.92 Å². The fraction of sp³-hybridized carbons (Fsp3) is 0.400. The smallest absolute Gasteiger partial charge is 0.0802 e. The van der Waals surface area contributed by atoms with Crippen LogP contribution in [0.2, 0.25) is 5.02 Å². The summed E-state index contributed by atoms with van der Waals surface area (Å²) in [7, 11) is 0. The summed E-state index contributed by atoms with van der Waals surface area (Å²) >= 11 is 5.85. The van der Waals surface area contributed by atoms with Gasteiger partial charge >= 0.3 is 0 Å². The largest absolute Gasteiger partial charge is 0.388 e. The van der Waals surface area contributed by atoms with Crippen molar-refractivity contribution in [2.75, 3.05) is 6.54 Å². The van der Waals surface area contributed by atoms with Crippen LogP contribution < -0.4 is 5.73 Å². The molecule has 0 aliphatic rings. The second kappa shape index (κ2) is 4.61. The van der Waals surface area contributed by atoms with Crippen molar-refractivity contribution < 1.29 is 5.11 Å². The molecule has 0 radical (unpaired) electrons. The van der Waals surface area contributed by atoms with Crippen molar-refractivity contribution in [2.24, 2.45) is 5.73 Å². The molecule has 0 saturated carbocycles. The first-order valence-electron chi connectivity index (χ1n) is 4.28. The van der Waals surface area contributed by atoms with Gasteiger partial charge < -0.3 is 10.8 Å². The van der Waals surface area contributed by atoms with E-state index in [4.69, 9.17) is 17.3 Å². The highest BCUT2D eigenvalue weighted by Crippen LogP contribution is 2.21. The van der Waals surface area contributed by atoms with Crippen molar-refractivity contribution in [3.63, 3.8) is 0 Å². The Bertz CT molecular complexity index is 268. The van der Waals surface area contributed by atoms with Gasteiger partial charge in [0.1, 0.15) is 0 Å². The topological polar surface area (TPSA) is 46.2 Å². The average Bonchev–Trinajstić information content (AvgIpc) is 2.03. The summed E-state index contributed by atoms with van der Waals surface area (Å²) in [5, 5.41) is 10.3. The SMILES string of the molecule is Cc1cc(Cl)cc(C(O)CCN)c1. The molecule has 3 N–H and O–H groups in total. The molecule has 0 bridgehead atoms. The van der Waals surface area contributed by atoms with Crippen molar-refractivity contribution >= 4 is 11.6 Å². The van der Waals surface area contributed by atoms with Crippen molar-refractivity contribution in [3.05, 3.63) is 34.3 Å². The molecular weight excluding hydrogens is 186 g/mol. The average molecular weight is 200 g/mol. The van der Waals surface area contributed by atoms with E-state index < -0.39 is 6.10 Å². The van der Waals surface area contributed by atoms with Crippen molar-refractivity contribution in [2.45, 2.75) is 19.4 Å². The van der Waals surface area contributed by atoms with Gasteiger partial charge in [0.05, 0.1) is 6.10 Å². The molecule has 0 spiro atoms. The van der Waals surface area contributed by atoms with Crippen LogP contribution in [0.1, 0.15) is 23.7 Å². The Kier molecular flexibility index (Phi) is 3.72. The monoisotopic (exact) mass is 199 g/mol. The first-order chi connectivity index (χ1) is 6.13. The minimum atomic E-state index is -0.498. The molecule has 72 valence electrons. The number of nitrogens with two attached hydrogens (primary N) is 1. The van der Waals surface area contributed by atoms with Gasteiger partial charge in [-0.15, -0.1) is 0 Å². The molecule has 2 nitrogen and oxygen atoms in total. The van der Waals surface area contributed by atoms with Crippen molar-refractivity contribution in [3.8, 4) is 0 Å². The van der Waals surface area contributed by atoms with Crippen LogP contribution in [0.3, 0.4) is 0 Å². The fourth-order valence-corrected chi connectivity index (χ4v) is 1.58. The summed E-state index contributed by atoms with van der Waals surface area (Å²) < 4.78 is 0. The van der Waals surface area contributed by atoms with E-state index in [1.165, 1.54) is 0 Å². The predicted molar refractivity (Wildman–Crippen MR) is 54.8 cm³/mol. The summed E-state index contributed by atoms with van der Waals surface area (Å²) in [6, 6.07) is 5.56. The second-order valence-electron chi connectivity index (χ2n) is 3.16. The molecule has 1 rings (SSSR count). The lowest BCUT2D eigenvalue weighted by Gasteiger charge is -2.10. The summed E-state index contributed by atoms with van der Waals surface area (Å²) in [5.74, 6) is 0. The van der Waals surface area contributed by atoms with Crippen LogP contribution in [0.25, 0.3) is 0 Å². The quantitative estimate of drug-likeness (QED) is 0.783. The number of hydrogen-bond acceptors (Lipinski definition) is 2. The summed E-state index contributed by atoms with van der Waals surface area (Å²) in [6.07, 6.45) is 0.0715. The zero-order valence-corrected chi connectivity index (χ0v) is 8.38. The van der Waals surface area contributed by atoms with E-state index >= 15 is 0 Å². The molecule has 0 fully saturated rings. The molecule has 0 heterocycles. The third-order valence-electron chi connectivity index (χ3n) is 1.89. The Morgan fingerprint density at radius 1 is 1.46 bits per heavy atom. The highest BCUT2D eigenvalue weighted by atomic mass is 35.5. The Morgan fingerprint density at radius 2 is 2.15 bits per heavy atom. The maximum atomic E-state index is 9.63. The van der Waals surface area contributed by atoms with E-state index in [-0.39, 0.29) is 0 Å². The van der Waals surface area contributed by atoms with E-state index in [0.29, 0.717) is 18.0 Å². The van der Waals surface area contributed by atoms with Gasteiger partial charge in [-0.05, 0) is 43.1 Å². The molecule has 0 aromatic heterocycles. The lowest BCUT2D eigenvalue weighted by Crippen LogP contribution is -2.06. The molecule has 0 saturated heterocycles. The van der Waals surface area contributed by atoms with Gasteiger partial charge in [-0.2, -0.15) is 0 Å². The molecule has 0 aliphatic heterocycles. The molecule has 0 amide bonds. The van der Waals surface area contributed by atoms with Crippen LogP contribution >= 0.6 is 11.6 Å². The summed E-state index contributed by atoms with van der Waals surface area (Å²) in [4.78, 5) is 0. The van der Waals surface area contributed by atoms with Gasteiger partial charge in [0.2, 0.25) is 0 Å². The van der Waals surface area contributed by atoms with Crippen molar-refractivity contribution in [1.82, 2.24) is 0 Å². The first kappa shape index (κ1) is 10.5. The third kappa shape index (κ3) is 2.99. The summed E-state index contributed by atoms with van der Waals surface area (Å²) in [5.41, 5.74) is 7.25. The van der Waals surface area contributed by atoms with Crippen LogP contribution in [-0.4, -0.2) is 11.7 Å². The number of aliphatic hydroxyl groups is 1. The Hall–Kier alpha value is -0.570. The minimum absolute atomic E-state index is 0.479. The van der Waals surface area contributed by atoms with Crippen LogP contribution in [0.15, 0.2) is 18.2 Å². The van der Waals surface area contributed by atoms with Gasteiger partial charge in [0, 0.05) is 5.02 Å². The third-order valence-corrected chi connectivity index (χ3v) is 2.11. The van der Waals surface area contributed by atoms with Gasteiger partial charge in [-0.3, -0.25) is 0 Å². The molecule has 13 heavy (non-hydrogen) atoms. The number of hydrogen-bond donors (Lipinski definition) is 2. The van der Waals surface area contributed by atoms with Crippen molar-refractivity contribution in [1.29, 1.82) is 0 Å². The maximum Gasteiger partial charge on any atom is 0.0802 e. The van der Waals surface area contributed by atoms with Crippen LogP contribution in [-0.2, 0) is 0 Å². The molecule has 1 atom stereocenters. The lowest BCUT2D eigenvalue weighted by atomic mass is 10.0. The lowest BCUT2D eigenvalue weighted by molar-refractivity contribution is 0.170. The molecule has 0 aliphatic carbocycles. The number of aryl methyl sites for hydroxylation is 1. The summed E-state index contributed by atoms with van der Waals surface area (Å²) in [6.45, 7) is 2.43. The molecule has 1 aromatic carbocycles. The number of benzene rings is 1.